The van der Waals surface area contributed by atoms with Crippen LogP contribution in [0.3, 0.4) is 0 Å². The Morgan fingerprint density at radius 2 is 2.31 bits per heavy atom. The zero-order chi connectivity index (χ0) is 9.47. The molecule has 1 nitrogen and oxygen atoms in total. The molecule has 0 aliphatic heterocycles. The summed E-state index contributed by atoms with van der Waals surface area (Å²) in [6.07, 6.45) is 1.66. The molecule has 0 saturated carbocycles. The maximum atomic E-state index is 8.98. The van der Waals surface area contributed by atoms with Gasteiger partial charge in [-0.25, -0.2) is 0 Å². The van der Waals surface area contributed by atoms with Gasteiger partial charge in [-0.3, -0.25) is 0 Å². The number of hydrogen-bond acceptors (Lipinski definition) is 1. The van der Waals surface area contributed by atoms with Crippen LogP contribution in [0, 0.1) is 18.3 Å². The van der Waals surface area contributed by atoms with E-state index in [1.165, 1.54) is 11.1 Å². The van der Waals surface area contributed by atoms with E-state index < -0.39 is 4.87 Å². The Balaban J connectivity index is 2.60. The number of nitriles is 1. The van der Waals surface area contributed by atoms with Crippen molar-refractivity contribution >= 4 is 11.6 Å². The Labute approximate surface area is 82.9 Å². The number of fused-ring (bicyclic) bond motifs is 1. The first-order chi connectivity index (χ1) is 6.15. The molecular weight excluding hydrogens is 182 g/mol. The topological polar surface area (TPSA) is 23.8 Å². The molecule has 0 aromatic heterocycles. The average molecular weight is 192 g/mol. The van der Waals surface area contributed by atoms with E-state index in [0.29, 0.717) is 0 Å². The lowest BCUT2D eigenvalue weighted by atomic mass is 10.0. The molecule has 13 heavy (non-hydrogen) atoms. The fourth-order valence-corrected chi connectivity index (χ4v) is 2.11. The predicted octanol–water partition coefficient (Wildman–Crippen LogP) is 2.90. The van der Waals surface area contributed by atoms with E-state index in [0.717, 1.165) is 18.4 Å². The number of hydrogen-bond donors (Lipinski definition) is 0. The van der Waals surface area contributed by atoms with Gasteiger partial charge >= 0.3 is 0 Å². The molecule has 1 unspecified atom stereocenters. The van der Waals surface area contributed by atoms with Crippen molar-refractivity contribution in [3.8, 4) is 6.07 Å². The van der Waals surface area contributed by atoms with Gasteiger partial charge in [0, 0.05) is 0 Å². The molecule has 0 saturated heterocycles. The summed E-state index contributed by atoms with van der Waals surface area (Å²) >= 11 is 6.20. The minimum atomic E-state index is -0.763. The van der Waals surface area contributed by atoms with Crippen molar-refractivity contribution in [2.45, 2.75) is 24.6 Å². The Hall–Kier alpha value is -1.00. The SMILES string of the molecule is Cc1ccc2c(c1)C(Cl)(C#N)CC2. The van der Waals surface area contributed by atoms with Gasteiger partial charge in [0.05, 0.1) is 6.07 Å². The number of rotatable bonds is 0. The lowest BCUT2D eigenvalue weighted by molar-refractivity contribution is 0.751. The van der Waals surface area contributed by atoms with Gasteiger partial charge < -0.3 is 0 Å². The normalized spacial score (nSPS) is 25.3. The van der Waals surface area contributed by atoms with E-state index in [1.54, 1.807) is 0 Å². The van der Waals surface area contributed by atoms with Crippen molar-refractivity contribution < 1.29 is 0 Å². The van der Waals surface area contributed by atoms with E-state index in [2.05, 4.69) is 18.2 Å². The monoisotopic (exact) mass is 191 g/mol. The lowest BCUT2D eigenvalue weighted by Gasteiger charge is -2.12. The molecule has 2 rings (SSSR count). The fourth-order valence-electron chi connectivity index (χ4n) is 1.83. The van der Waals surface area contributed by atoms with Gasteiger partial charge in [-0.05, 0) is 30.9 Å². The molecule has 0 spiro atoms. The number of nitrogens with zero attached hydrogens (tertiary/aromatic N) is 1. The summed E-state index contributed by atoms with van der Waals surface area (Å²) in [5, 5.41) is 8.98. The minimum absolute atomic E-state index is 0.740. The molecule has 66 valence electrons. The van der Waals surface area contributed by atoms with E-state index in [4.69, 9.17) is 16.9 Å². The highest BCUT2D eigenvalue weighted by molar-refractivity contribution is 6.26. The summed E-state index contributed by atoms with van der Waals surface area (Å²) in [5.41, 5.74) is 3.40. The molecule has 1 aliphatic carbocycles. The van der Waals surface area contributed by atoms with Crippen molar-refractivity contribution in [3.05, 3.63) is 34.9 Å². The van der Waals surface area contributed by atoms with Crippen LogP contribution in [0.2, 0.25) is 0 Å². The molecule has 0 bridgehead atoms. The predicted molar refractivity (Wildman–Crippen MR) is 52.6 cm³/mol. The summed E-state index contributed by atoms with van der Waals surface area (Å²) in [6.45, 7) is 2.02. The van der Waals surface area contributed by atoms with Crippen LogP contribution in [0.5, 0.6) is 0 Å². The van der Waals surface area contributed by atoms with Gasteiger partial charge in [0.2, 0.25) is 0 Å². The van der Waals surface area contributed by atoms with Gasteiger partial charge in [-0.2, -0.15) is 5.26 Å². The van der Waals surface area contributed by atoms with Gasteiger partial charge in [0.1, 0.15) is 0 Å². The van der Waals surface area contributed by atoms with E-state index in [9.17, 15) is 0 Å². The molecular formula is C11H10ClN. The van der Waals surface area contributed by atoms with Gasteiger partial charge in [-0.15, -0.1) is 0 Å². The Kier molecular flexibility index (Phi) is 1.82. The quantitative estimate of drug-likeness (QED) is 0.579. The van der Waals surface area contributed by atoms with E-state index >= 15 is 0 Å². The van der Waals surface area contributed by atoms with Crippen molar-refractivity contribution in [2.24, 2.45) is 0 Å². The number of halogens is 1. The van der Waals surface area contributed by atoms with Crippen LogP contribution < -0.4 is 0 Å². The molecule has 0 heterocycles. The first kappa shape index (κ1) is 8.59. The molecule has 1 aromatic carbocycles. The van der Waals surface area contributed by atoms with Gasteiger partial charge in [0.15, 0.2) is 4.87 Å². The Bertz CT molecular complexity index is 392. The highest BCUT2D eigenvalue weighted by Crippen LogP contribution is 2.42. The van der Waals surface area contributed by atoms with Crippen LogP contribution in [0.1, 0.15) is 23.1 Å². The fraction of sp³-hybridized carbons (Fsp3) is 0.364. The van der Waals surface area contributed by atoms with Crippen LogP contribution >= 0.6 is 11.6 Å². The smallest absolute Gasteiger partial charge is 0.156 e. The summed E-state index contributed by atoms with van der Waals surface area (Å²) in [5.74, 6) is 0. The molecule has 0 amide bonds. The molecule has 0 fully saturated rings. The van der Waals surface area contributed by atoms with Crippen molar-refractivity contribution in [3.63, 3.8) is 0 Å². The van der Waals surface area contributed by atoms with Crippen LogP contribution in [0.25, 0.3) is 0 Å². The summed E-state index contributed by atoms with van der Waals surface area (Å²) in [4.78, 5) is -0.763. The highest BCUT2D eigenvalue weighted by Gasteiger charge is 2.36. The first-order valence-electron chi connectivity index (χ1n) is 4.36. The number of benzene rings is 1. The Morgan fingerprint density at radius 3 is 3.00 bits per heavy atom. The molecule has 0 radical (unpaired) electrons. The molecule has 1 atom stereocenters. The van der Waals surface area contributed by atoms with Crippen LogP contribution in [-0.4, -0.2) is 0 Å². The standard InChI is InChI=1S/C11H10ClN/c1-8-2-3-9-4-5-11(12,7-13)10(9)6-8/h2-3,6H,4-5H2,1H3. The second-order valence-electron chi connectivity index (χ2n) is 3.57. The maximum Gasteiger partial charge on any atom is 0.156 e. The molecule has 0 N–H and O–H groups in total. The van der Waals surface area contributed by atoms with E-state index in [1.807, 2.05) is 13.0 Å². The van der Waals surface area contributed by atoms with Gasteiger partial charge in [-0.1, -0.05) is 35.4 Å². The maximum absolute atomic E-state index is 8.98. The first-order valence-corrected chi connectivity index (χ1v) is 4.74. The zero-order valence-electron chi connectivity index (χ0n) is 7.47. The second-order valence-corrected chi connectivity index (χ2v) is 4.22. The third-order valence-corrected chi connectivity index (χ3v) is 3.09. The van der Waals surface area contributed by atoms with Crippen LogP contribution in [0.15, 0.2) is 18.2 Å². The van der Waals surface area contributed by atoms with E-state index in [-0.39, 0.29) is 0 Å². The summed E-state index contributed by atoms with van der Waals surface area (Å²) in [6, 6.07) is 8.36. The highest BCUT2D eigenvalue weighted by atomic mass is 35.5. The van der Waals surface area contributed by atoms with Gasteiger partial charge in [0.25, 0.3) is 0 Å². The summed E-state index contributed by atoms with van der Waals surface area (Å²) in [7, 11) is 0. The third kappa shape index (κ3) is 1.22. The molecule has 1 aromatic rings. The molecule has 1 aliphatic rings. The number of aryl methyl sites for hydroxylation is 2. The minimum Gasteiger partial charge on any atom is -0.196 e. The second kappa shape index (κ2) is 2.75. The average Bonchev–Trinajstić information content (AvgIpc) is 2.45. The zero-order valence-corrected chi connectivity index (χ0v) is 8.23. The van der Waals surface area contributed by atoms with Crippen LogP contribution in [0.4, 0.5) is 0 Å². The van der Waals surface area contributed by atoms with Crippen LogP contribution in [-0.2, 0) is 11.3 Å². The van der Waals surface area contributed by atoms with Crippen molar-refractivity contribution in [1.29, 1.82) is 5.26 Å². The third-order valence-electron chi connectivity index (χ3n) is 2.61. The number of alkyl halides is 1. The summed E-state index contributed by atoms with van der Waals surface area (Å²) < 4.78 is 0. The Morgan fingerprint density at radius 1 is 1.54 bits per heavy atom. The largest absolute Gasteiger partial charge is 0.196 e. The lowest BCUT2D eigenvalue weighted by Crippen LogP contribution is -2.10. The van der Waals surface area contributed by atoms with Crippen molar-refractivity contribution in [1.82, 2.24) is 0 Å². The molecule has 2 heteroatoms. The van der Waals surface area contributed by atoms with Crippen molar-refractivity contribution in [2.75, 3.05) is 0 Å².